The van der Waals surface area contributed by atoms with Crippen molar-refractivity contribution >= 4 is 27.5 Å². The van der Waals surface area contributed by atoms with Crippen LogP contribution in [-0.2, 0) is 0 Å². The van der Waals surface area contributed by atoms with Gasteiger partial charge in [0.15, 0.2) is 9.76 Å². The Hall–Kier alpha value is -0.0900. The van der Waals surface area contributed by atoms with Crippen molar-refractivity contribution in [3.05, 3.63) is 9.76 Å². The molecule has 0 amide bonds. The van der Waals surface area contributed by atoms with Crippen LogP contribution in [0.2, 0.25) is 5.15 Å². The third-order valence-electron chi connectivity index (χ3n) is 1.09. The minimum Gasteiger partial charge on any atom is -0.230 e. The lowest BCUT2D eigenvalue weighted by atomic mass is 10.4. The van der Waals surface area contributed by atoms with Gasteiger partial charge in [-0.05, 0) is 29.8 Å². The van der Waals surface area contributed by atoms with Gasteiger partial charge in [0.1, 0.15) is 0 Å². The van der Waals surface area contributed by atoms with Crippen LogP contribution in [0.25, 0.3) is 0 Å². The summed E-state index contributed by atoms with van der Waals surface area (Å²) in [6.07, 6.45) is 0. The number of hydrogen-bond donors (Lipinski definition) is 0. The number of nitrogens with zero attached hydrogens (tertiary/aromatic N) is 3. The highest BCUT2D eigenvalue weighted by molar-refractivity contribution is 9.10. The number of aromatic nitrogens is 3. The third-order valence-corrected chi connectivity index (χ3v) is 2.20. The van der Waals surface area contributed by atoms with E-state index in [1.165, 1.54) is 0 Å². The first-order valence-corrected chi connectivity index (χ1v) is 4.06. The number of halogens is 2. The minimum atomic E-state index is 0.256. The van der Waals surface area contributed by atoms with Crippen molar-refractivity contribution in [1.29, 1.82) is 0 Å². The summed E-state index contributed by atoms with van der Waals surface area (Å²) in [4.78, 5) is 0. The van der Waals surface area contributed by atoms with Crippen LogP contribution < -0.4 is 0 Å². The fourth-order valence-electron chi connectivity index (χ4n) is 0.592. The van der Waals surface area contributed by atoms with Crippen LogP contribution in [0, 0.1) is 0 Å². The van der Waals surface area contributed by atoms with Crippen molar-refractivity contribution in [3.8, 4) is 0 Å². The monoisotopic (exact) mass is 223 g/mol. The average molecular weight is 224 g/mol. The van der Waals surface area contributed by atoms with Crippen LogP contribution in [0.4, 0.5) is 0 Å². The lowest BCUT2D eigenvalue weighted by Crippen LogP contribution is -2.02. The van der Waals surface area contributed by atoms with Gasteiger partial charge in [0.25, 0.3) is 0 Å². The molecule has 56 valence electrons. The number of hydrogen-bond acceptors (Lipinski definition) is 2. The van der Waals surface area contributed by atoms with E-state index in [9.17, 15) is 0 Å². The van der Waals surface area contributed by atoms with Crippen LogP contribution in [-0.4, -0.2) is 15.0 Å². The van der Waals surface area contributed by atoms with E-state index in [0.29, 0.717) is 9.76 Å². The second-order valence-corrected chi connectivity index (χ2v) is 3.32. The summed E-state index contributed by atoms with van der Waals surface area (Å²) in [5.74, 6) is 0. The smallest absolute Gasteiger partial charge is 0.167 e. The molecule has 3 nitrogen and oxygen atoms in total. The largest absolute Gasteiger partial charge is 0.230 e. The zero-order valence-electron chi connectivity index (χ0n) is 5.67. The average Bonchev–Trinajstić information content (AvgIpc) is 2.14. The molecule has 0 spiro atoms. The summed E-state index contributed by atoms with van der Waals surface area (Å²) in [5.41, 5.74) is 0. The van der Waals surface area contributed by atoms with Gasteiger partial charge in [0, 0.05) is 6.04 Å². The first kappa shape index (κ1) is 8.01. The molecule has 5 heteroatoms. The fourth-order valence-corrected chi connectivity index (χ4v) is 1.11. The Balaban J connectivity index is 3.05. The molecule has 0 aliphatic carbocycles. The molecular weight excluding hydrogens is 217 g/mol. The third kappa shape index (κ3) is 1.32. The maximum absolute atomic E-state index is 5.79. The summed E-state index contributed by atoms with van der Waals surface area (Å²) in [6, 6.07) is 0.256. The fraction of sp³-hybridized carbons (Fsp3) is 0.600. The molecule has 0 aliphatic heterocycles. The van der Waals surface area contributed by atoms with Crippen molar-refractivity contribution in [1.82, 2.24) is 15.0 Å². The van der Waals surface area contributed by atoms with Gasteiger partial charge in [-0.2, -0.15) is 0 Å². The molecule has 0 saturated heterocycles. The first-order valence-electron chi connectivity index (χ1n) is 2.89. The van der Waals surface area contributed by atoms with Crippen molar-refractivity contribution in [2.24, 2.45) is 0 Å². The molecule has 0 aromatic carbocycles. The normalized spacial score (nSPS) is 10.9. The van der Waals surface area contributed by atoms with Crippen LogP contribution in [0.3, 0.4) is 0 Å². The summed E-state index contributed by atoms with van der Waals surface area (Å²) in [6.45, 7) is 3.99. The van der Waals surface area contributed by atoms with Crippen LogP contribution in [0.15, 0.2) is 4.60 Å². The van der Waals surface area contributed by atoms with Gasteiger partial charge >= 0.3 is 0 Å². The SMILES string of the molecule is CC(C)n1nnc(Br)c1Cl. The molecule has 0 atom stereocenters. The Morgan fingerprint density at radius 2 is 2.20 bits per heavy atom. The Bertz CT molecular complexity index is 233. The lowest BCUT2D eigenvalue weighted by Gasteiger charge is -2.03. The molecule has 1 rings (SSSR count). The van der Waals surface area contributed by atoms with Crippen LogP contribution in [0.5, 0.6) is 0 Å². The van der Waals surface area contributed by atoms with Crippen molar-refractivity contribution in [2.45, 2.75) is 19.9 Å². The molecule has 1 aromatic rings. The molecular formula is C5H7BrClN3. The van der Waals surface area contributed by atoms with E-state index < -0.39 is 0 Å². The summed E-state index contributed by atoms with van der Waals surface area (Å²) in [5, 5.41) is 8.09. The molecule has 0 N–H and O–H groups in total. The topological polar surface area (TPSA) is 30.7 Å². The highest BCUT2D eigenvalue weighted by atomic mass is 79.9. The Kier molecular flexibility index (Phi) is 2.31. The summed E-state index contributed by atoms with van der Waals surface area (Å²) < 4.78 is 2.24. The van der Waals surface area contributed by atoms with E-state index in [0.717, 1.165) is 0 Å². The Morgan fingerprint density at radius 3 is 2.40 bits per heavy atom. The van der Waals surface area contributed by atoms with E-state index in [-0.39, 0.29) is 6.04 Å². The highest BCUT2D eigenvalue weighted by Gasteiger charge is 2.08. The van der Waals surface area contributed by atoms with Gasteiger partial charge in [-0.25, -0.2) is 4.68 Å². The minimum absolute atomic E-state index is 0.256. The lowest BCUT2D eigenvalue weighted by molar-refractivity contribution is 0.514. The summed E-state index contributed by atoms with van der Waals surface area (Å²) in [7, 11) is 0. The summed E-state index contributed by atoms with van der Waals surface area (Å²) >= 11 is 8.95. The zero-order valence-corrected chi connectivity index (χ0v) is 8.02. The van der Waals surface area contributed by atoms with Gasteiger partial charge in [-0.15, -0.1) is 5.10 Å². The molecule has 0 radical (unpaired) electrons. The van der Waals surface area contributed by atoms with Crippen molar-refractivity contribution < 1.29 is 0 Å². The van der Waals surface area contributed by atoms with Crippen molar-refractivity contribution in [3.63, 3.8) is 0 Å². The number of rotatable bonds is 1. The predicted molar refractivity (Wildman–Crippen MR) is 43.1 cm³/mol. The molecule has 1 heterocycles. The highest BCUT2D eigenvalue weighted by Crippen LogP contribution is 2.21. The molecule has 1 aromatic heterocycles. The van der Waals surface area contributed by atoms with Gasteiger partial charge in [0.05, 0.1) is 0 Å². The van der Waals surface area contributed by atoms with Crippen LogP contribution >= 0.6 is 27.5 Å². The van der Waals surface area contributed by atoms with Crippen molar-refractivity contribution in [2.75, 3.05) is 0 Å². The Morgan fingerprint density at radius 1 is 1.60 bits per heavy atom. The first-order chi connectivity index (χ1) is 4.63. The molecule has 10 heavy (non-hydrogen) atoms. The molecule has 0 aliphatic rings. The zero-order chi connectivity index (χ0) is 7.72. The Labute approximate surface area is 72.5 Å². The van der Waals surface area contributed by atoms with Gasteiger partial charge in [-0.3, -0.25) is 0 Å². The maximum Gasteiger partial charge on any atom is 0.167 e. The van der Waals surface area contributed by atoms with E-state index >= 15 is 0 Å². The van der Waals surface area contributed by atoms with E-state index in [1.807, 2.05) is 13.8 Å². The molecule has 0 bridgehead atoms. The van der Waals surface area contributed by atoms with Crippen LogP contribution in [0.1, 0.15) is 19.9 Å². The second kappa shape index (κ2) is 2.88. The second-order valence-electron chi connectivity index (χ2n) is 2.21. The molecule has 0 saturated carbocycles. The van der Waals surface area contributed by atoms with E-state index in [4.69, 9.17) is 11.6 Å². The maximum atomic E-state index is 5.79. The van der Waals surface area contributed by atoms with Gasteiger partial charge in [-0.1, -0.05) is 16.8 Å². The van der Waals surface area contributed by atoms with Gasteiger partial charge in [0.2, 0.25) is 0 Å². The predicted octanol–water partition coefficient (Wildman–Crippen LogP) is 2.27. The molecule has 0 unspecified atom stereocenters. The molecule has 0 fully saturated rings. The van der Waals surface area contributed by atoms with E-state index in [2.05, 4.69) is 26.2 Å². The van der Waals surface area contributed by atoms with E-state index in [1.54, 1.807) is 4.68 Å². The van der Waals surface area contributed by atoms with Gasteiger partial charge < -0.3 is 0 Å². The standard InChI is InChI=1S/C5H7BrClN3/c1-3(2)10-5(7)4(6)8-9-10/h3H,1-2H3. The quantitative estimate of drug-likeness (QED) is 0.733.